The predicted octanol–water partition coefficient (Wildman–Crippen LogP) is 2.90. The molecule has 1 amide bonds. The quantitative estimate of drug-likeness (QED) is 0.195. The summed E-state index contributed by atoms with van der Waals surface area (Å²) in [4.78, 5) is 45.1. The molecule has 2 fully saturated rings. The lowest BCUT2D eigenvalue weighted by atomic mass is 9.85. The average Bonchev–Trinajstić information content (AvgIpc) is 3.67. The Bertz CT molecular complexity index is 1610. The number of amidine groups is 1. The molecule has 2 aliphatic heterocycles. The largest absolute Gasteiger partial charge is 0.383 e. The molecule has 6 heterocycles. The Hall–Kier alpha value is -4.52. The van der Waals surface area contributed by atoms with Gasteiger partial charge in [-0.05, 0) is 38.7 Å². The zero-order valence-electron chi connectivity index (χ0n) is 21.1. The summed E-state index contributed by atoms with van der Waals surface area (Å²) in [5.74, 6) is -0.560. The van der Waals surface area contributed by atoms with Crippen molar-refractivity contribution in [3.8, 4) is 21.8 Å². The van der Waals surface area contributed by atoms with Crippen LogP contribution in [0.3, 0.4) is 0 Å². The molecule has 6 rings (SSSR count). The summed E-state index contributed by atoms with van der Waals surface area (Å²) in [7, 11) is 0. The van der Waals surface area contributed by atoms with E-state index in [4.69, 9.17) is 21.9 Å². The van der Waals surface area contributed by atoms with Gasteiger partial charge in [-0.25, -0.2) is 15.0 Å². The van der Waals surface area contributed by atoms with Crippen molar-refractivity contribution in [2.75, 3.05) is 5.73 Å². The summed E-state index contributed by atoms with van der Waals surface area (Å²) in [5.41, 5.74) is 16.2. The van der Waals surface area contributed by atoms with Gasteiger partial charge in [0.05, 0.1) is 23.1 Å². The number of nitrogens with two attached hydrogens (primary N) is 2. The third-order valence-electron chi connectivity index (χ3n) is 7.57. The van der Waals surface area contributed by atoms with E-state index in [0.29, 0.717) is 29.7 Å². The topological polar surface area (TPSA) is 182 Å². The maximum Gasteiger partial charge on any atom is 0.289 e. The van der Waals surface area contributed by atoms with Crippen molar-refractivity contribution in [1.29, 1.82) is 5.41 Å². The standard InChI is InChI=1S/C26H26N10O2S/c1-13(37)20-21(15-8-16-3-4-17(9-15)35(16)26(38)22(28)32-12-27)34-24-18(11-33-36(24)23(20)29)14-2-5-19(31-10-14)25-30-6-7-39-25/h2,5-7,10-12,15-17H,3-4,8-9,29H2,1H3,(H3,27,28,32). The van der Waals surface area contributed by atoms with Gasteiger partial charge in [-0.3, -0.25) is 20.0 Å². The Morgan fingerprint density at radius 1 is 1.18 bits per heavy atom. The van der Waals surface area contributed by atoms with Crippen LogP contribution in [0.5, 0.6) is 0 Å². The number of Topliss-reactive ketones (excluding diaryl/α,β-unsaturated/α-hetero) is 1. The van der Waals surface area contributed by atoms with Crippen LogP contribution in [-0.2, 0) is 4.79 Å². The number of carbonyl (C=O) groups excluding carboxylic acids is 2. The van der Waals surface area contributed by atoms with Gasteiger partial charge in [0.2, 0.25) is 0 Å². The number of nitrogens with one attached hydrogen (secondary N) is 1. The number of nitrogen functional groups attached to an aromatic ring is 1. The number of hydrogen-bond acceptors (Lipinski definition) is 9. The lowest BCUT2D eigenvalue weighted by Crippen LogP contribution is -2.50. The first-order valence-electron chi connectivity index (χ1n) is 12.6. The molecule has 39 heavy (non-hydrogen) atoms. The van der Waals surface area contributed by atoms with Gasteiger partial charge in [-0.2, -0.15) is 9.61 Å². The normalized spacial score (nSPS) is 20.9. The second-order valence-corrected chi connectivity index (χ2v) is 10.7. The van der Waals surface area contributed by atoms with Crippen molar-refractivity contribution >= 4 is 46.7 Å². The summed E-state index contributed by atoms with van der Waals surface area (Å²) in [6.07, 6.45) is 8.85. The molecular weight excluding hydrogens is 516 g/mol. The molecule has 0 saturated carbocycles. The van der Waals surface area contributed by atoms with Gasteiger partial charge in [0, 0.05) is 46.9 Å². The monoisotopic (exact) mass is 542 g/mol. The number of nitrogens with zero attached hydrogens (tertiary/aromatic N) is 7. The Labute approximate surface area is 227 Å². The first-order chi connectivity index (χ1) is 18.9. The fraction of sp³-hybridized carbons (Fsp3) is 0.308. The number of rotatable bonds is 5. The molecule has 2 saturated heterocycles. The zero-order chi connectivity index (χ0) is 27.3. The molecule has 0 spiro atoms. The summed E-state index contributed by atoms with van der Waals surface area (Å²) >= 11 is 1.52. The highest BCUT2D eigenvalue weighted by Crippen LogP contribution is 2.44. The van der Waals surface area contributed by atoms with E-state index in [2.05, 4.69) is 20.1 Å². The minimum absolute atomic E-state index is 0.0632. The van der Waals surface area contributed by atoms with Crippen molar-refractivity contribution in [2.45, 2.75) is 50.6 Å². The van der Waals surface area contributed by atoms with Crippen molar-refractivity contribution in [2.24, 2.45) is 10.7 Å². The molecule has 2 unspecified atom stereocenters. The number of carbonyl (C=O) groups is 2. The molecule has 12 nitrogen and oxygen atoms in total. The maximum absolute atomic E-state index is 12.9. The zero-order valence-corrected chi connectivity index (χ0v) is 21.9. The molecule has 0 aliphatic carbocycles. The number of pyridine rings is 1. The van der Waals surface area contributed by atoms with Crippen LogP contribution in [0.2, 0.25) is 0 Å². The highest BCUT2D eigenvalue weighted by atomic mass is 32.1. The highest BCUT2D eigenvalue weighted by Gasteiger charge is 2.45. The van der Waals surface area contributed by atoms with Crippen LogP contribution in [0.4, 0.5) is 5.82 Å². The number of hydrogen-bond donors (Lipinski definition) is 3. The SMILES string of the molecule is CC(=O)c1c(C2CC3CCC(C2)N3C(=O)C(N)=NC=N)nc2c(-c3ccc(-c4nccs4)nc3)cnn2c1N. The number of thiazole rings is 1. The van der Waals surface area contributed by atoms with E-state index in [1.165, 1.54) is 22.8 Å². The molecule has 2 atom stereocenters. The number of aromatic nitrogens is 5. The summed E-state index contributed by atoms with van der Waals surface area (Å²) in [5, 5.41) is 14.3. The van der Waals surface area contributed by atoms with Crippen molar-refractivity contribution < 1.29 is 9.59 Å². The average molecular weight is 543 g/mol. The van der Waals surface area contributed by atoms with Crippen molar-refractivity contribution in [1.82, 2.24) is 29.5 Å². The molecule has 0 radical (unpaired) electrons. The smallest absolute Gasteiger partial charge is 0.289 e. The van der Waals surface area contributed by atoms with E-state index >= 15 is 0 Å². The van der Waals surface area contributed by atoms with Gasteiger partial charge in [-0.1, -0.05) is 6.07 Å². The minimum atomic E-state index is -0.356. The van der Waals surface area contributed by atoms with Gasteiger partial charge in [0.15, 0.2) is 17.3 Å². The van der Waals surface area contributed by atoms with E-state index in [1.54, 1.807) is 23.5 Å². The molecule has 4 aromatic heterocycles. The van der Waals surface area contributed by atoms with Gasteiger partial charge in [0.25, 0.3) is 5.91 Å². The lowest BCUT2D eigenvalue weighted by molar-refractivity contribution is -0.128. The van der Waals surface area contributed by atoms with Crippen LogP contribution in [0.25, 0.3) is 27.5 Å². The molecular formula is C26H26N10O2S. The Morgan fingerprint density at radius 3 is 2.56 bits per heavy atom. The third-order valence-corrected chi connectivity index (χ3v) is 8.36. The van der Waals surface area contributed by atoms with Gasteiger partial charge < -0.3 is 16.4 Å². The van der Waals surface area contributed by atoms with Crippen molar-refractivity contribution in [3.05, 3.63) is 47.4 Å². The van der Waals surface area contributed by atoms with Gasteiger partial charge in [0.1, 0.15) is 17.2 Å². The number of amides is 1. The number of fused-ring (bicyclic) bond motifs is 3. The second-order valence-electron chi connectivity index (χ2n) is 9.79. The summed E-state index contributed by atoms with van der Waals surface area (Å²) in [6.45, 7) is 1.48. The maximum atomic E-state index is 12.9. The van der Waals surface area contributed by atoms with E-state index in [9.17, 15) is 9.59 Å². The number of piperidine rings is 1. The molecule has 198 valence electrons. The Kier molecular flexibility index (Phi) is 6.14. The second kappa shape index (κ2) is 9.66. The van der Waals surface area contributed by atoms with Gasteiger partial charge >= 0.3 is 0 Å². The minimum Gasteiger partial charge on any atom is -0.383 e. The highest BCUT2D eigenvalue weighted by molar-refractivity contribution is 7.13. The fourth-order valence-corrected chi connectivity index (χ4v) is 6.53. The van der Waals surface area contributed by atoms with E-state index < -0.39 is 0 Å². The third kappa shape index (κ3) is 4.14. The summed E-state index contributed by atoms with van der Waals surface area (Å²) < 4.78 is 1.51. The number of anilines is 1. The van der Waals surface area contributed by atoms with Crippen LogP contribution in [0, 0.1) is 5.41 Å². The van der Waals surface area contributed by atoms with Crippen LogP contribution < -0.4 is 11.5 Å². The first kappa shape index (κ1) is 24.8. The lowest BCUT2D eigenvalue weighted by Gasteiger charge is -2.39. The van der Waals surface area contributed by atoms with Crippen LogP contribution in [0.15, 0.2) is 41.1 Å². The first-order valence-corrected chi connectivity index (χ1v) is 13.4. The number of ketones is 1. The molecule has 4 aromatic rings. The van der Waals surface area contributed by atoms with Crippen molar-refractivity contribution in [3.63, 3.8) is 0 Å². The van der Waals surface area contributed by atoms with E-state index in [0.717, 1.165) is 41.0 Å². The van der Waals surface area contributed by atoms with Crippen LogP contribution in [-0.4, -0.2) is 65.4 Å². The predicted molar refractivity (Wildman–Crippen MR) is 148 cm³/mol. The molecule has 13 heteroatoms. The van der Waals surface area contributed by atoms with Crippen LogP contribution in [0.1, 0.15) is 54.6 Å². The fourth-order valence-electron chi connectivity index (χ4n) is 5.91. The van der Waals surface area contributed by atoms with Crippen LogP contribution >= 0.6 is 11.3 Å². The molecule has 2 aliphatic rings. The Morgan fingerprint density at radius 2 is 1.95 bits per heavy atom. The summed E-state index contributed by atoms with van der Waals surface area (Å²) in [6, 6.07) is 3.73. The molecule has 0 aromatic carbocycles. The van der Waals surface area contributed by atoms with E-state index in [-0.39, 0.29) is 41.3 Å². The molecule has 5 N–H and O–H groups in total. The molecule has 2 bridgehead atoms. The Balaban J connectivity index is 1.38. The van der Waals surface area contributed by atoms with E-state index in [1.807, 2.05) is 17.5 Å². The van der Waals surface area contributed by atoms with Gasteiger partial charge in [-0.15, -0.1) is 11.3 Å². The number of aliphatic imine (C=N–C) groups is 1.